The second kappa shape index (κ2) is 14.6. The van der Waals surface area contributed by atoms with E-state index >= 15 is 0 Å². The molecule has 2 aliphatic heterocycles. The Morgan fingerprint density at radius 3 is 2.14 bits per heavy atom. The first-order valence-corrected chi connectivity index (χ1v) is 12.1. The molecule has 0 bridgehead atoms. The quantitative estimate of drug-likeness (QED) is 0.495. The highest BCUT2D eigenvalue weighted by Crippen LogP contribution is 2.28. The first kappa shape index (κ1) is 30.2. The Morgan fingerprint density at radius 1 is 1.00 bits per heavy atom. The molecule has 3 rings (SSSR count). The maximum absolute atomic E-state index is 13.3. The molecule has 10 nitrogen and oxygen atoms in total. The van der Waals surface area contributed by atoms with Crippen LogP contribution < -0.4 is 14.8 Å². The summed E-state index contributed by atoms with van der Waals surface area (Å²) in [4.78, 5) is 40.9. The molecule has 2 aliphatic rings. The Hall–Kier alpha value is -3.06. The van der Waals surface area contributed by atoms with Crippen LogP contribution in [0.1, 0.15) is 29.6 Å². The average molecular weight is 533 g/mol. The van der Waals surface area contributed by atoms with Crippen LogP contribution in [0.25, 0.3) is 0 Å². The highest BCUT2D eigenvalue weighted by atomic mass is 19.4. The third-order valence-corrected chi connectivity index (χ3v) is 6.11. The predicted molar refractivity (Wildman–Crippen MR) is 129 cm³/mol. The van der Waals surface area contributed by atoms with Crippen LogP contribution in [-0.4, -0.2) is 117 Å². The number of halogens is 3. The van der Waals surface area contributed by atoms with Crippen molar-refractivity contribution in [2.75, 3.05) is 73.1 Å². The molecule has 0 aromatic heterocycles. The molecule has 0 radical (unpaired) electrons. The molecule has 0 aliphatic carbocycles. The van der Waals surface area contributed by atoms with Gasteiger partial charge in [-0.25, -0.2) is 4.79 Å². The summed E-state index contributed by atoms with van der Waals surface area (Å²) in [6.07, 6.45) is -2.31. The van der Waals surface area contributed by atoms with Crippen LogP contribution in [0.15, 0.2) is 18.2 Å². The zero-order chi connectivity index (χ0) is 27.4. The fourth-order valence-corrected chi connectivity index (χ4v) is 4.04. The van der Waals surface area contributed by atoms with Crippen LogP contribution >= 0.6 is 0 Å². The fourth-order valence-electron chi connectivity index (χ4n) is 4.04. The molecular formula is C24H35F3N4O6. The van der Waals surface area contributed by atoms with Gasteiger partial charge < -0.3 is 34.6 Å². The van der Waals surface area contributed by atoms with Crippen molar-refractivity contribution in [2.45, 2.75) is 25.4 Å². The van der Waals surface area contributed by atoms with E-state index < -0.39 is 12.1 Å². The number of piperazine rings is 1. The maximum atomic E-state index is 13.3. The first-order chi connectivity index (χ1) is 17.6. The molecule has 2 amide bonds. The number of hydrogen-bond acceptors (Lipinski definition) is 7. The summed E-state index contributed by atoms with van der Waals surface area (Å²) in [6, 6.07) is 5.21. The fraction of sp³-hybridized carbons (Fsp3) is 0.625. The molecule has 2 N–H and O–H groups in total. The SMILES string of the molecule is COc1ccc(C(=O)N(CCC(=O)N2CCNCC2)CCN2CCCC2)cc1OC.O=C(O)C(F)(F)F. The van der Waals surface area contributed by atoms with Crippen molar-refractivity contribution in [3.05, 3.63) is 23.8 Å². The van der Waals surface area contributed by atoms with Crippen molar-refractivity contribution >= 4 is 17.8 Å². The number of alkyl halides is 3. The van der Waals surface area contributed by atoms with E-state index in [0.717, 1.165) is 45.8 Å². The molecule has 1 aromatic carbocycles. The molecule has 0 spiro atoms. The number of likely N-dealkylation sites (tertiary alicyclic amines) is 1. The van der Waals surface area contributed by atoms with Crippen LogP contribution in [0.3, 0.4) is 0 Å². The Morgan fingerprint density at radius 2 is 1.59 bits per heavy atom. The van der Waals surface area contributed by atoms with Gasteiger partial charge >= 0.3 is 12.1 Å². The summed E-state index contributed by atoms with van der Waals surface area (Å²) in [5.74, 6) is -1.61. The van der Waals surface area contributed by atoms with E-state index in [1.807, 2.05) is 4.90 Å². The highest BCUT2D eigenvalue weighted by molar-refractivity contribution is 5.95. The normalized spacial score (nSPS) is 16.0. The number of benzene rings is 1. The van der Waals surface area contributed by atoms with Crippen LogP contribution in [0.2, 0.25) is 0 Å². The molecular weight excluding hydrogens is 497 g/mol. The lowest BCUT2D eigenvalue weighted by Gasteiger charge is -2.29. The highest BCUT2D eigenvalue weighted by Gasteiger charge is 2.38. The Labute approximate surface area is 214 Å². The van der Waals surface area contributed by atoms with Crippen molar-refractivity contribution in [1.29, 1.82) is 0 Å². The smallest absolute Gasteiger partial charge is 0.490 e. The molecule has 208 valence electrons. The molecule has 37 heavy (non-hydrogen) atoms. The molecule has 0 saturated carbocycles. The summed E-state index contributed by atoms with van der Waals surface area (Å²) < 4.78 is 42.4. The van der Waals surface area contributed by atoms with E-state index in [2.05, 4.69) is 10.2 Å². The molecule has 2 saturated heterocycles. The minimum absolute atomic E-state index is 0.0803. The van der Waals surface area contributed by atoms with Crippen LogP contribution in [-0.2, 0) is 9.59 Å². The number of nitrogens with one attached hydrogen (secondary N) is 1. The van der Waals surface area contributed by atoms with Crippen molar-refractivity contribution in [1.82, 2.24) is 20.0 Å². The number of carbonyl (C=O) groups is 3. The number of ether oxygens (including phenoxy) is 2. The Balaban J connectivity index is 0.000000604. The average Bonchev–Trinajstić information content (AvgIpc) is 3.41. The van der Waals surface area contributed by atoms with Crippen molar-refractivity contribution < 1.29 is 42.1 Å². The number of amides is 2. The van der Waals surface area contributed by atoms with Gasteiger partial charge in [0.25, 0.3) is 5.91 Å². The third kappa shape index (κ3) is 9.73. The molecule has 0 unspecified atom stereocenters. The lowest BCUT2D eigenvalue weighted by molar-refractivity contribution is -0.192. The van der Waals surface area contributed by atoms with Crippen LogP contribution in [0, 0.1) is 0 Å². The molecule has 2 fully saturated rings. The number of aliphatic carboxylic acids is 1. The lowest BCUT2D eigenvalue weighted by Crippen LogP contribution is -2.47. The van der Waals surface area contributed by atoms with Crippen molar-refractivity contribution in [3.63, 3.8) is 0 Å². The van der Waals surface area contributed by atoms with Gasteiger partial charge in [0, 0.05) is 57.8 Å². The topological polar surface area (TPSA) is 112 Å². The summed E-state index contributed by atoms with van der Waals surface area (Å²) >= 11 is 0. The Kier molecular flexibility index (Phi) is 11.9. The molecule has 0 atom stereocenters. The number of hydrogen-bond donors (Lipinski definition) is 2. The second-order valence-corrected chi connectivity index (χ2v) is 8.59. The summed E-state index contributed by atoms with van der Waals surface area (Å²) in [5.41, 5.74) is 0.545. The predicted octanol–water partition coefficient (Wildman–Crippen LogP) is 1.70. The van der Waals surface area contributed by atoms with Gasteiger partial charge in [-0.3, -0.25) is 9.59 Å². The van der Waals surface area contributed by atoms with E-state index in [4.69, 9.17) is 19.4 Å². The minimum atomic E-state index is -5.08. The zero-order valence-electron chi connectivity index (χ0n) is 21.2. The number of carboxylic acid groups (broad SMARTS) is 1. The Bertz CT molecular complexity index is 903. The van der Waals surface area contributed by atoms with E-state index in [0.29, 0.717) is 36.6 Å². The standard InChI is InChI=1S/C22H34N4O4.C2HF3O2/c1-29-19-6-5-18(17-20(19)30-2)22(28)26(16-15-24-10-3-4-11-24)12-7-21(27)25-13-8-23-9-14-25;3-2(4,5)1(6)7/h5-6,17,23H,3-4,7-16H2,1-2H3;(H,6,7). The first-order valence-electron chi connectivity index (χ1n) is 12.1. The summed E-state index contributed by atoms with van der Waals surface area (Å²) in [7, 11) is 3.13. The summed E-state index contributed by atoms with van der Waals surface area (Å²) in [5, 5.41) is 10.4. The van der Waals surface area contributed by atoms with E-state index in [-0.39, 0.29) is 11.8 Å². The van der Waals surface area contributed by atoms with Crippen molar-refractivity contribution in [3.8, 4) is 11.5 Å². The van der Waals surface area contributed by atoms with Gasteiger partial charge in [-0.2, -0.15) is 13.2 Å². The number of carboxylic acids is 1. The molecule has 1 aromatic rings. The van der Waals surface area contributed by atoms with Crippen LogP contribution in [0.5, 0.6) is 11.5 Å². The minimum Gasteiger partial charge on any atom is -0.493 e. The number of nitrogens with zero attached hydrogens (tertiary/aromatic N) is 3. The van der Waals surface area contributed by atoms with Gasteiger partial charge in [0.2, 0.25) is 5.91 Å². The van der Waals surface area contributed by atoms with Gasteiger partial charge in [-0.05, 0) is 44.1 Å². The number of carbonyl (C=O) groups excluding carboxylic acids is 2. The van der Waals surface area contributed by atoms with E-state index in [1.165, 1.54) is 12.8 Å². The van der Waals surface area contributed by atoms with Gasteiger partial charge in [0.05, 0.1) is 14.2 Å². The number of rotatable bonds is 9. The summed E-state index contributed by atoms with van der Waals surface area (Å²) in [6.45, 7) is 7.15. The van der Waals surface area contributed by atoms with Gasteiger partial charge in [0.15, 0.2) is 11.5 Å². The monoisotopic (exact) mass is 532 g/mol. The van der Waals surface area contributed by atoms with Gasteiger partial charge in [0.1, 0.15) is 0 Å². The number of methoxy groups -OCH3 is 2. The van der Waals surface area contributed by atoms with Crippen molar-refractivity contribution in [2.24, 2.45) is 0 Å². The lowest BCUT2D eigenvalue weighted by atomic mass is 10.1. The second-order valence-electron chi connectivity index (χ2n) is 8.59. The molecule has 13 heteroatoms. The zero-order valence-corrected chi connectivity index (χ0v) is 21.2. The van der Waals surface area contributed by atoms with E-state index in [9.17, 15) is 22.8 Å². The van der Waals surface area contributed by atoms with Crippen LogP contribution in [0.4, 0.5) is 13.2 Å². The third-order valence-electron chi connectivity index (χ3n) is 6.11. The largest absolute Gasteiger partial charge is 0.493 e. The van der Waals surface area contributed by atoms with Gasteiger partial charge in [-0.15, -0.1) is 0 Å². The maximum Gasteiger partial charge on any atom is 0.490 e. The van der Waals surface area contributed by atoms with Gasteiger partial charge in [-0.1, -0.05) is 0 Å². The molecule has 2 heterocycles. The van der Waals surface area contributed by atoms with E-state index in [1.54, 1.807) is 37.3 Å².